The third-order valence-corrected chi connectivity index (χ3v) is 4.28. The van der Waals surface area contributed by atoms with Gasteiger partial charge in [-0.2, -0.15) is 0 Å². The highest BCUT2D eigenvalue weighted by molar-refractivity contribution is 5.88. The van der Waals surface area contributed by atoms with E-state index in [1.165, 1.54) is 0 Å². The second kappa shape index (κ2) is 7.38. The Bertz CT molecular complexity index is 814. The monoisotopic (exact) mass is 355 g/mol. The Balaban J connectivity index is 1.73. The van der Waals surface area contributed by atoms with Gasteiger partial charge in [0, 0.05) is 44.9 Å². The molecule has 0 unspecified atom stereocenters. The van der Waals surface area contributed by atoms with Crippen molar-refractivity contribution in [2.75, 3.05) is 36.4 Å². The fourth-order valence-corrected chi connectivity index (χ4v) is 2.87. The van der Waals surface area contributed by atoms with Crippen LogP contribution in [0.4, 0.5) is 17.3 Å². The van der Waals surface area contributed by atoms with Crippen LogP contribution in [0.1, 0.15) is 23.1 Å². The molecule has 2 N–H and O–H groups in total. The van der Waals surface area contributed by atoms with Gasteiger partial charge in [-0.1, -0.05) is 0 Å². The van der Waals surface area contributed by atoms with Crippen LogP contribution in [0.2, 0.25) is 0 Å². The molecule has 8 heteroatoms. The second-order valence-electron chi connectivity index (χ2n) is 6.16. The first-order valence-electron chi connectivity index (χ1n) is 8.39. The van der Waals surface area contributed by atoms with Crippen molar-refractivity contribution >= 4 is 29.2 Å². The number of nitrogens with one attached hydrogen (secondary N) is 1. The molecular weight excluding hydrogens is 334 g/mol. The Morgan fingerprint density at radius 2 is 1.73 bits per heavy atom. The lowest BCUT2D eigenvalue weighted by molar-refractivity contribution is -0.129. The zero-order valence-corrected chi connectivity index (χ0v) is 14.8. The normalized spacial score (nSPS) is 14.2. The van der Waals surface area contributed by atoms with E-state index in [1.54, 1.807) is 31.2 Å². The van der Waals surface area contributed by atoms with Crippen molar-refractivity contribution in [2.45, 2.75) is 13.8 Å². The first kappa shape index (κ1) is 17.7. The van der Waals surface area contributed by atoms with Gasteiger partial charge in [-0.3, -0.25) is 4.79 Å². The van der Waals surface area contributed by atoms with Crippen LogP contribution >= 0.6 is 0 Å². The molecule has 0 saturated carbocycles. The molecule has 1 aromatic carbocycles. The summed E-state index contributed by atoms with van der Waals surface area (Å²) < 4.78 is 0. The van der Waals surface area contributed by atoms with Crippen molar-refractivity contribution in [3.63, 3.8) is 0 Å². The molecule has 26 heavy (non-hydrogen) atoms. The maximum atomic E-state index is 11.5. The van der Waals surface area contributed by atoms with Gasteiger partial charge in [0.1, 0.15) is 17.5 Å². The molecule has 1 aliphatic rings. The maximum Gasteiger partial charge on any atom is 0.335 e. The molecule has 0 radical (unpaired) electrons. The Morgan fingerprint density at radius 3 is 2.31 bits per heavy atom. The highest BCUT2D eigenvalue weighted by atomic mass is 16.4. The standard InChI is InChI=1S/C18H21N5O3/c1-12-19-16(21-15-5-3-14(4-6-15)18(25)26)11-17(20-12)23-9-7-22(8-10-23)13(2)24/h3-6,11H,7-10H2,1-2H3,(H,25,26)(H,19,20,21). The Labute approximate surface area is 151 Å². The molecular formula is C18H21N5O3. The largest absolute Gasteiger partial charge is 0.478 e. The summed E-state index contributed by atoms with van der Waals surface area (Å²) in [5.74, 6) is 1.23. The van der Waals surface area contributed by atoms with Gasteiger partial charge in [0.05, 0.1) is 5.56 Å². The highest BCUT2D eigenvalue weighted by Crippen LogP contribution is 2.21. The number of carboxylic acids is 1. The summed E-state index contributed by atoms with van der Waals surface area (Å²) in [5.41, 5.74) is 0.985. The van der Waals surface area contributed by atoms with Crippen LogP contribution < -0.4 is 10.2 Å². The summed E-state index contributed by atoms with van der Waals surface area (Å²) in [4.78, 5) is 35.2. The van der Waals surface area contributed by atoms with Crippen molar-refractivity contribution in [2.24, 2.45) is 0 Å². The van der Waals surface area contributed by atoms with E-state index in [2.05, 4.69) is 20.2 Å². The van der Waals surface area contributed by atoms with Gasteiger partial charge in [-0.15, -0.1) is 0 Å². The van der Waals surface area contributed by atoms with Gasteiger partial charge in [0.15, 0.2) is 0 Å². The summed E-state index contributed by atoms with van der Waals surface area (Å²) in [6.07, 6.45) is 0. The van der Waals surface area contributed by atoms with Crippen LogP contribution in [0, 0.1) is 6.92 Å². The number of hydrogen-bond acceptors (Lipinski definition) is 6. The lowest BCUT2D eigenvalue weighted by Gasteiger charge is -2.35. The SMILES string of the molecule is CC(=O)N1CCN(c2cc(Nc3ccc(C(=O)O)cc3)nc(C)n2)CC1. The van der Waals surface area contributed by atoms with Crippen LogP contribution in [0.5, 0.6) is 0 Å². The van der Waals surface area contributed by atoms with Crippen LogP contribution in [-0.2, 0) is 4.79 Å². The van der Waals surface area contributed by atoms with Crippen molar-refractivity contribution in [3.05, 3.63) is 41.7 Å². The number of rotatable bonds is 4. The van der Waals surface area contributed by atoms with E-state index in [0.717, 1.165) is 24.6 Å². The highest BCUT2D eigenvalue weighted by Gasteiger charge is 2.20. The summed E-state index contributed by atoms with van der Waals surface area (Å²) >= 11 is 0. The average molecular weight is 355 g/mol. The van der Waals surface area contributed by atoms with Gasteiger partial charge in [-0.05, 0) is 31.2 Å². The summed E-state index contributed by atoms with van der Waals surface area (Å²) in [6.45, 7) is 6.22. The summed E-state index contributed by atoms with van der Waals surface area (Å²) in [6, 6.07) is 8.35. The Morgan fingerprint density at radius 1 is 1.08 bits per heavy atom. The first-order chi connectivity index (χ1) is 12.4. The number of amides is 1. The predicted molar refractivity (Wildman–Crippen MR) is 97.9 cm³/mol. The molecule has 0 spiro atoms. The molecule has 2 aromatic rings. The number of aromatic carboxylic acids is 1. The van der Waals surface area contributed by atoms with Crippen LogP contribution in [-0.4, -0.2) is 58.0 Å². The van der Waals surface area contributed by atoms with E-state index >= 15 is 0 Å². The van der Waals surface area contributed by atoms with Crippen molar-refractivity contribution in [1.29, 1.82) is 0 Å². The molecule has 1 aliphatic heterocycles. The number of nitrogens with zero attached hydrogens (tertiary/aromatic N) is 4. The Hall–Kier alpha value is -3.16. The van der Waals surface area contributed by atoms with Crippen molar-refractivity contribution < 1.29 is 14.7 Å². The maximum absolute atomic E-state index is 11.5. The topological polar surface area (TPSA) is 98.7 Å². The second-order valence-corrected chi connectivity index (χ2v) is 6.16. The van der Waals surface area contributed by atoms with E-state index in [9.17, 15) is 9.59 Å². The molecule has 1 aromatic heterocycles. The van der Waals surface area contributed by atoms with Gasteiger partial charge in [0.2, 0.25) is 5.91 Å². The first-order valence-corrected chi connectivity index (χ1v) is 8.39. The lowest BCUT2D eigenvalue weighted by atomic mass is 10.2. The van der Waals surface area contributed by atoms with Crippen LogP contribution in [0.15, 0.2) is 30.3 Å². The minimum atomic E-state index is -0.957. The van der Waals surface area contributed by atoms with E-state index in [-0.39, 0.29) is 11.5 Å². The van der Waals surface area contributed by atoms with E-state index < -0.39 is 5.97 Å². The molecule has 0 atom stereocenters. The Kier molecular flexibility index (Phi) is 5.01. The molecule has 0 bridgehead atoms. The zero-order chi connectivity index (χ0) is 18.7. The molecule has 0 aliphatic carbocycles. The fraction of sp³-hybridized carbons (Fsp3) is 0.333. The number of aryl methyl sites for hydroxylation is 1. The van der Waals surface area contributed by atoms with E-state index in [0.29, 0.717) is 24.7 Å². The third kappa shape index (κ3) is 4.08. The van der Waals surface area contributed by atoms with E-state index in [4.69, 9.17) is 5.11 Å². The molecule has 8 nitrogen and oxygen atoms in total. The van der Waals surface area contributed by atoms with Gasteiger partial charge >= 0.3 is 5.97 Å². The number of carbonyl (C=O) groups is 2. The quantitative estimate of drug-likeness (QED) is 0.864. The molecule has 1 amide bonds. The fourth-order valence-electron chi connectivity index (χ4n) is 2.87. The predicted octanol–water partition coefficient (Wildman–Crippen LogP) is 1.90. The molecule has 1 fully saturated rings. The minimum absolute atomic E-state index is 0.0932. The third-order valence-electron chi connectivity index (χ3n) is 4.28. The average Bonchev–Trinajstić information content (AvgIpc) is 2.61. The molecule has 136 valence electrons. The number of hydrogen-bond donors (Lipinski definition) is 2. The summed E-state index contributed by atoms with van der Waals surface area (Å²) in [5, 5.41) is 12.1. The van der Waals surface area contributed by atoms with E-state index in [1.807, 2.05) is 17.9 Å². The van der Waals surface area contributed by atoms with Gasteiger partial charge < -0.3 is 20.2 Å². The lowest BCUT2D eigenvalue weighted by Crippen LogP contribution is -2.48. The number of carbonyl (C=O) groups excluding carboxylic acids is 1. The number of aromatic nitrogens is 2. The van der Waals surface area contributed by atoms with Crippen molar-refractivity contribution in [3.8, 4) is 0 Å². The number of carboxylic acid groups (broad SMARTS) is 1. The van der Waals surface area contributed by atoms with Crippen LogP contribution in [0.3, 0.4) is 0 Å². The van der Waals surface area contributed by atoms with Crippen molar-refractivity contribution in [1.82, 2.24) is 14.9 Å². The van der Waals surface area contributed by atoms with Gasteiger partial charge in [-0.25, -0.2) is 14.8 Å². The summed E-state index contributed by atoms with van der Waals surface area (Å²) in [7, 11) is 0. The minimum Gasteiger partial charge on any atom is -0.478 e. The van der Waals surface area contributed by atoms with Crippen LogP contribution in [0.25, 0.3) is 0 Å². The molecule has 3 rings (SSSR count). The number of piperazine rings is 1. The smallest absolute Gasteiger partial charge is 0.335 e. The number of benzene rings is 1. The zero-order valence-electron chi connectivity index (χ0n) is 14.8. The molecule has 1 saturated heterocycles. The number of anilines is 3. The molecule has 2 heterocycles. The van der Waals surface area contributed by atoms with Gasteiger partial charge in [0.25, 0.3) is 0 Å².